The Hall–Kier alpha value is -4.91. The number of ether oxygens (including phenoxy) is 1. The summed E-state index contributed by atoms with van der Waals surface area (Å²) >= 11 is 0. The monoisotopic (exact) mass is 651 g/mol. The lowest BCUT2D eigenvalue weighted by molar-refractivity contribution is -0.138. The number of rotatable bonds is 10. The topological polar surface area (TPSA) is 149 Å². The molecular formula is C30H27F6N5O5. The fourth-order valence-electron chi connectivity index (χ4n) is 5.23. The van der Waals surface area contributed by atoms with E-state index in [1.807, 2.05) is 0 Å². The molecule has 3 N–H and O–H groups in total. The summed E-state index contributed by atoms with van der Waals surface area (Å²) in [6, 6.07) is 3.81. The predicted octanol–water partition coefficient (Wildman–Crippen LogP) is 6.72. The van der Waals surface area contributed by atoms with Crippen LogP contribution in [0.15, 0.2) is 48.8 Å². The number of nitrogens with zero attached hydrogens (tertiary/aromatic N) is 4. The molecule has 0 radical (unpaired) electrons. The van der Waals surface area contributed by atoms with E-state index in [1.165, 1.54) is 18.5 Å². The van der Waals surface area contributed by atoms with Crippen LogP contribution in [0.5, 0.6) is 5.75 Å². The molecule has 0 saturated carbocycles. The summed E-state index contributed by atoms with van der Waals surface area (Å²) in [4.78, 5) is 32.3. The molecule has 1 aliphatic rings. The van der Waals surface area contributed by atoms with Crippen molar-refractivity contribution in [3.8, 4) is 11.8 Å². The second kappa shape index (κ2) is 13.6. The van der Waals surface area contributed by atoms with Crippen molar-refractivity contribution < 1.29 is 50.9 Å². The van der Waals surface area contributed by atoms with E-state index in [0.29, 0.717) is 6.07 Å². The Balaban J connectivity index is 1.82. The van der Waals surface area contributed by atoms with Crippen LogP contribution in [0.4, 0.5) is 36.8 Å². The molecule has 244 valence electrons. The van der Waals surface area contributed by atoms with Crippen LogP contribution in [-0.4, -0.2) is 44.9 Å². The zero-order valence-corrected chi connectivity index (χ0v) is 24.1. The smallest absolute Gasteiger partial charge is 0.416 e. The van der Waals surface area contributed by atoms with Gasteiger partial charge >= 0.3 is 24.4 Å². The minimum atomic E-state index is -4.85. The van der Waals surface area contributed by atoms with Gasteiger partial charge in [-0.25, -0.2) is 14.8 Å². The Kier molecular flexibility index (Phi) is 10.1. The first-order valence-corrected chi connectivity index (χ1v) is 13.9. The van der Waals surface area contributed by atoms with Gasteiger partial charge < -0.3 is 14.9 Å². The minimum absolute atomic E-state index is 0.00865. The number of aromatic nitrogens is 2. The van der Waals surface area contributed by atoms with Gasteiger partial charge in [0, 0.05) is 18.5 Å². The molecular weight excluding hydrogens is 624 g/mol. The molecule has 4 rings (SSSR count). The molecule has 3 aromatic rings. The zero-order valence-electron chi connectivity index (χ0n) is 24.1. The molecule has 0 aliphatic carbocycles. The number of aliphatic carboxylic acids is 1. The van der Waals surface area contributed by atoms with E-state index in [2.05, 4.69) is 15.3 Å². The number of hydrogen-bond acceptors (Lipinski definition) is 7. The molecule has 1 aromatic heterocycles. The number of nitriles is 1. The van der Waals surface area contributed by atoms with Gasteiger partial charge in [-0.3, -0.25) is 15.0 Å². The van der Waals surface area contributed by atoms with Crippen molar-refractivity contribution in [1.29, 1.82) is 5.26 Å². The summed E-state index contributed by atoms with van der Waals surface area (Å²) in [6.07, 6.45) is -8.38. The summed E-state index contributed by atoms with van der Waals surface area (Å²) in [5, 5.41) is 31.3. The predicted molar refractivity (Wildman–Crippen MR) is 149 cm³/mol. The van der Waals surface area contributed by atoms with E-state index in [-0.39, 0.29) is 66.2 Å². The lowest BCUT2D eigenvalue weighted by Crippen LogP contribution is -2.47. The Morgan fingerprint density at radius 3 is 2.30 bits per heavy atom. The van der Waals surface area contributed by atoms with Gasteiger partial charge in [-0.2, -0.15) is 31.6 Å². The number of fused-ring (bicyclic) bond motifs is 1. The number of amides is 1. The molecule has 0 bridgehead atoms. The van der Waals surface area contributed by atoms with E-state index in [0.717, 1.165) is 29.2 Å². The molecule has 0 fully saturated rings. The lowest BCUT2D eigenvalue weighted by atomic mass is 9.87. The van der Waals surface area contributed by atoms with Crippen LogP contribution in [0.25, 0.3) is 0 Å². The van der Waals surface area contributed by atoms with E-state index in [9.17, 15) is 46.3 Å². The van der Waals surface area contributed by atoms with Crippen molar-refractivity contribution >= 4 is 17.7 Å². The van der Waals surface area contributed by atoms with Gasteiger partial charge in [-0.1, -0.05) is 6.92 Å². The second-order valence-electron chi connectivity index (χ2n) is 10.4. The van der Waals surface area contributed by atoms with Gasteiger partial charge in [0.05, 0.1) is 53.5 Å². The third-order valence-electron chi connectivity index (χ3n) is 7.36. The maximum atomic E-state index is 13.8. The molecule has 0 saturated heterocycles. The zero-order chi connectivity index (χ0) is 33.8. The van der Waals surface area contributed by atoms with Gasteiger partial charge in [-0.05, 0) is 66.8 Å². The molecule has 1 amide bonds. The Morgan fingerprint density at radius 2 is 1.74 bits per heavy atom. The maximum absolute atomic E-state index is 13.8. The van der Waals surface area contributed by atoms with Crippen LogP contribution in [-0.2, 0) is 17.1 Å². The standard InChI is InChI=1S/C30H27F6N5O5/c1-2-20-12-23(22-11-18(29(31,32)33)5-6-24(22)41(20)28(44)45)40-26(17-8-16(13-37)9-19(10-17)30(34,35)36)27-38-14-21(15-39-27)46-7-3-4-25(42)43/h5-6,8-11,14-15,20,23,26,40H,2-4,7,12H2,1H3,(H,42,43)(H,44,45)/t20-,23+,26?/m1/s1. The first-order chi connectivity index (χ1) is 21.6. The average Bonchev–Trinajstić information content (AvgIpc) is 3.00. The number of anilines is 1. The molecule has 46 heavy (non-hydrogen) atoms. The highest BCUT2D eigenvalue weighted by molar-refractivity contribution is 5.89. The van der Waals surface area contributed by atoms with Crippen LogP contribution >= 0.6 is 0 Å². The van der Waals surface area contributed by atoms with E-state index in [4.69, 9.17) is 9.84 Å². The molecule has 2 aromatic carbocycles. The number of benzene rings is 2. The number of hydrogen-bond donors (Lipinski definition) is 3. The summed E-state index contributed by atoms with van der Waals surface area (Å²) < 4.78 is 88.2. The van der Waals surface area contributed by atoms with Crippen molar-refractivity contribution in [3.63, 3.8) is 0 Å². The van der Waals surface area contributed by atoms with Gasteiger partial charge in [0.25, 0.3) is 0 Å². The van der Waals surface area contributed by atoms with E-state index < -0.39 is 53.7 Å². The van der Waals surface area contributed by atoms with Crippen LogP contribution < -0.4 is 15.0 Å². The Bertz CT molecular complexity index is 1620. The number of carbonyl (C=O) groups is 2. The second-order valence-corrected chi connectivity index (χ2v) is 10.4. The Labute approximate surface area is 258 Å². The molecule has 10 nitrogen and oxygen atoms in total. The number of nitrogens with one attached hydrogen (secondary N) is 1. The summed E-state index contributed by atoms with van der Waals surface area (Å²) in [5.74, 6) is -1.02. The quantitative estimate of drug-likeness (QED) is 0.161. The molecule has 3 atom stereocenters. The normalized spacial score (nSPS) is 17.1. The highest BCUT2D eigenvalue weighted by Gasteiger charge is 2.40. The summed E-state index contributed by atoms with van der Waals surface area (Å²) in [6.45, 7) is 1.70. The molecule has 1 aliphatic heterocycles. The first-order valence-electron chi connectivity index (χ1n) is 13.9. The van der Waals surface area contributed by atoms with Gasteiger partial charge in [0.1, 0.15) is 5.82 Å². The molecule has 2 heterocycles. The van der Waals surface area contributed by atoms with Crippen molar-refractivity contribution in [3.05, 3.63) is 82.4 Å². The van der Waals surface area contributed by atoms with Crippen molar-refractivity contribution in [1.82, 2.24) is 15.3 Å². The van der Waals surface area contributed by atoms with Crippen LogP contribution in [0.1, 0.15) is 78.3 Å². The molecule has 1 unspecified atom stereocenters. The molecule has 16 heteroatoms. The van der Waals surface area contributed by atoms with Gasteiger partial charge in [0.15, 0.2) is 5.75 Å². The van der Waals surface area contributed by atoms with Crippen LogP contribution in [0, 0.1) is 11.3 Å². The maximum Gasteiger partial charge on any atom is 0.416 e. The van der Waals surface area contributed by atoms with Gasteiger partial charge in [0.2, 0.25) is 0 Å². The largest absolute Gasteiger partial charge is 0.490 e. The fourth-order valence-corrected chi connectivity index (χ4v) is 5.23. The fraction of sp³-hybridized carbons (Fsp3) is 0.367. The van der Waals surface area contributed by atoms with E-state index >= 15 is 0 Å². The molecule has 0 spiro atoms. The SMILES string of the molecule is CC[C@@H]1C[C@H](NC(c2cc(C#N)cc(C(F)(F)F)c2)c2ncc(OCCCC(=O)O)cn2)c2cc(C(F)(F)F)ccc2N1C(=O)O. The van der Waals surface area contributed by atoms with Crippen LogP contribution in [0.2, 0.25) is 0 Å². The minimum Gasteiger partial charge on any atom is -0.490 e. The summed E-state index contributed by atoms with van der Waals surface area (Å²) in [7, 11) is 0. The number of halogens is 6. The third kappa shape index (κ3) is 7.83. The van der Waals surface area contributed by atoms with Gasteiger partial charge in [-0.15, -0.1) is 0 Å². The number of alkyl halides is 6. The lowest BCUT2D eigenvalue weighted by Gasteiger charge is -2.40. The number of carboxylic acid groups (broad SMARTS) is 2. The van der Waals surface area contributed by atoms with E-state index in [1.54, 1.807) is 13.0 Å². The van der Waals surface area contributed by atoms with Crippen molar-refractivity contribution in [2.45, 2.75) is 63.1 Å². The summed E-state index contributed by atoms with van der Waals surface area (Å²) in [5.41, 5.74) is -2.76. The third-order valence-corrected chi connectivity index (χ3v) is 7.36. The number of carboxylic acids is 1. The average molecular weight is 652 g/mol. The van der Waals surface area contributed by atoms with Crippen molar-refractivity contribution in [2.24, 2.45) is 0 Å². The highest BCUT2D eigenvalue weighted by Crippen LogP contribution is 2.43. The first kappa shape index (κ1) is 34.0. The Morgan fingerprint density at radius 1 is 1.07 bits per heavy atom. The van der Waals surface area contributed by atoms with Crippen molar-refractivity contribution in [2.75, 3.05) is 11.5 Å². The van der Waals surface area contributed by atoms with Crippen LogP contribution in [0.3, 0.4) is 0 Å². The highest BCUT2D eigenvalue weighted by atomic mass is 19.4.